The number of ether oxygens (including phenoxy) is 1. The van der Waals surface area contributed by atoms with E-state index < -0.39 is 26.1 Å². The van der Waals surface area contributed by atoms with E-state index in [0.717, 1.165) is 0 Å². The molecule has 0 bridgehead atoms. The second-order valence-corrected chi connectivity index (χ2v) is 7.44. The third kappa shape index (κ3) is 3.90. The highest BCUT2D eigenvalue weighted by Crippen LogP contribution is 2.47. The number of fused-ring (bicyclic) bond motifs is 1. The smallest absolute Gasteiger partial charge is 0.397 e. The molecule has 0 saturated carbocycles. The lowest BCUT2D eigenvalue weighted by molar-refractivity contribution is -0.0229. The number of aromatic nitrogens is 2. The van der Waals surface area contributed by atoms with Crippen LogP contribution in [-0.4, -0.2) is 28.5 Å². The van der Waals surface area contributed by atoms with Crippen molar-refractivity contribution in [2.75, 3.05) is 6.61 Å². The van der Waals surface area contributed by atoms with E-state index in [1.165, 1.54) is 29.0 Å². The number of benzene rings is 1. The Morgan fingerprint density at radius 3 is 3.04 bits per heavy atom. The number of aromatic amines is 1. The molecule has 0 amide bonds. The largest absolute Gasteiger partial charge is 0.426 e. The van der Waals surface area contributed by atoms with Gasteiger partial charge in [-0.25, -0.2) is 9.18 Å². The zero-order valence-electron chi connectivity index (χ0n) is 14.5. The standard InChI is InChI=1S/C17H16FN2O7P/c18-12-1-3-14-10(5-12)8-24-28(27-14)25-9-13-2-4-15(26-13)20-6-11(7-21)16(22)19-17(20)23/h1,3,5-7,13,15H,2,4,8-9H2,(H,19,22,23). The maximum Gasteiger partial charge on any atom is 0.397 e. The van der Waals surface area contributed by atoms with Crippen LogP contribution in [0.15, 0.2) is 34.0 Å². The minimum absolute atomic E-state index is 0.148. The Labute approximate surface area is 159 Å². The summed E-state index contributed by atoms with van der Waals surface area (Å²) in [5, 5.41) is 0. The maximum absolute atomic E-state index is 13.2. The first kappa shape index (κ1) is 18.9. The van der Waals surface area contributed by atoms with Gasteiger partial charge in [-0.2, -0.15) is 0 Å². The maximum atomic E-state index is 13.2. The molecule has 3 unspecified atom stereocenters. The van der Waals surface area contributed by atoms with Gasteiger partial charge in [0.2, 0.25) is 0 Å². The number of hydrogen-bond donors (Lipinski definition) is 1. The Hall–Kier alpha value is -2.39. The Kier molecular flexibility index (Phi) is 5.36. The molecule has 1 N–H and O–H groups in total. The van der Waals surface area contributed by atoms with Gasteiger partial charge in [0.05, 0.1) is 24.9 Å². The zero-order chi connectivity index (χ0) is 19.7. The number of H-pyrrole nitrogens is 1. The fourth-order valence-electron chi connectivity index (χ4n) is 3.00. The summed E-state index contributed by atoms with van der Waals surface area (Å²) in [6, 6.07) is 4.18. The van der Waals surface area contributed by atoms with Gasteiger partial charge in [-0.3, -0.25) is 28.2 Å². The van der Waals surface area contributed by atoms with E-state index in [9.17, 15) is 18.8 Å². The van der Waals surface area contributed by atoms with Crippen molar-refractivity contribution in [3.05, 3.63) is 62.2 Å². The topological polar surface area (TPSA) is 109 Å². The monoisotopic (exact) mass is 410 g/mol. The van der Waals surface area contributed by atoms with E-state index in [1.807, 2.05) is 0 Å². The lowest BCUT2D eigenvalue weighted by Crippen LogP contribution is -2.34. The van der Waals surface area contributed by atoms with Gasteiger partial charge in [-0.15, -0.1) is 0 Å². The minimum atomic E-state index is -1.64. The molecule has 2 aliphatic rings. The molecule has 9 nitrogen and oxygen atoms in total. The molecule has 1 fully saturated rings. The molecule has 2 aliphatic heterocycles. The van der Waals surface area contributed by atoms with Gasteiger partial charge in [-0.1, -0.05) is 0 Å². The van der Waals surface area contributed by atoms with E-state index in [4.69, 9.17) is 18.3 Å². The molecular formula is C17H16FN2O7P. The van der Waals surface area contributed by atoms with Crippen LogP contribution in [0.5, 0.6) is 5.75 Å². The summed E-state index contributed by atoms with van der Waals surface area (Å²) in [5.41, 5.74) is -0.911. The van der Waals surface area contributed by atoms with Crippen LogP contribution in [0.3, 0.4) is 0 Å². The minimum Gasteiger partial charge on any atom is -0.426 e. The molecule has 1 aromatic carbocycles. The third-order valence-electron chi connectivity index (χ3n) is 4.40. The number of rotatable bonds is 5. The van der Waals surface area contributed by atoms with E-state index in [0.29, 0.717) is 30.4 Å². The fourth-order valence-corrected chi connectivity index (χ4v) is 4.05. The first-order chi connectivity index (χ1) is 13.5. The average Bonchev–Trinajstić information content (AvgIpc) is 3.15. The van der Waals surface area contributed by atoms with Gasteiger partial charge < -0.3 is 9.26 Å². The third-order valence-corrected chi connectivity index (χ3v) is 5.45. The number of nitrogens with zero attached hydrogens (tertiary/aromatic N) is 1. The highest BCUT2D eigenvalue weighted by atomic mass is 31.2. The predicted octanol–water partition coefficient (Wildman–Crippen LogP) is 2.02. The molecule has 11 heteroatoms. The zero-order valence-corrected chi connectivity index (χ0v) is 15.4. The number of aldehydes is 1. The van der Waals surface area contributed by atoms with Crippen LogP contribution in [-0.2, 0) is 20.4 Å². The first-order valence-electron chi connectivity index (χ1n) is 8.52. The van der Waals surface area contributed by atoms with Gasteiger partial charge in [0.15, 0.2) is 6.29 Å². The van der Waals surface area contributed by atoms with Crippen LogP contribution in [0.1, 0.15) is 35.0 Å². The second-order valence-electron chi connectivity index (χ2n) is 6.30. The lowest BCUT2D eigenvalue weighted by Gasteiger charge is -2.24. The number of halogens is 1. The van der Waals surface area contributed by atoms with Crippen molar-refractivity contribution < 1.29 is 27.5 Å². The summed E-state index contributed by atoms with van der Waals surface area (Å²) in [6.45, 7) is 0.367. The Morgan fingerprint density at radius 1 is 1.36 bits per heavy atom. The highest BCUT2D eigenvalue weighted by molar-refractivity contribution is 7.42. The van der Waals surface area contributed by atoms with Gasteiger partial charge >= 0.3 is 14.3 Å². The van der Waals surface area contributed by atoms with E-state index in [1.54, 1.807) is 0 Å². The van der Waals surface area contributed by atoms with Crippen molar-refractivity contribution in [2.45, 2.75) is 31.8 Å². The van der Waals surface area contributed by atoms with Crippen LogP contribution >= 0.6 is 8.60 Å². The van der Waals surface area contributed by atoms with Crippen molar-refractivity contribution in [3.63, 3.8) is 0 Å². The van der Waals surface area contributed by atoms with Crippen molar-refractivity contribution in [1.29, 1.82) is 0 Å². The van der Waals surface area contributed by atoms with E-state index in [2.05, 4.69) is 4.98 Å². The summed E-state index contributed by atoms with van der Waals surface area (Å²) < 4.78 is 36.9. The van der Waals surface area contributed by atoms with Crippen molar-refractivity contribution in [3.8, 4) is 5.75 Å². The second kappa shape index (κ2) is 7.92. The number of nitrogens with one attached hydrogen (secondary N) is 1. The lowest BCUT2D eigenvalue weighted by atomic mass is 10.2. The molecule has 1 aromatic heterocycles. The molecule has 28 heavy (non-hydrogen) atoms. The summed E-state index contributed by atoms with van der Waals surface area (Å²) in [7, 11) is -1.64. The molecule has 0 aliphatic carbocycles. The van der Waals surface area contributed by atoms with E-state index in [-0.39, 0.29) is 30.7 Å². The van der Waals surface area contributed by atoms with Crippen LogP contribution in [0, 0.1) is 5.82 Å². The summed E-state index contributed by atoms with van der Waals surface area (Å²) in [4.78, 5) is 36.4. The predicted molar refractivity (Wildman–Crippen MR) is 94.5 cm³/mol. The average molecular weight is 410 g/mol. The number of carbonyl (C=O) groups excluding carboxylic acids is 1. The Balaban J connectivity index is 1.35. The fraction of sp³-hybridized carbons (Fsp3) is 0.353. The summed E-state index contributed by atoms with van der Waals surface area (Å²) in [5.74, 6) is 0.156. The number of hydrogen-bond acceptors (Lipinski definition) is 7. The van der Waals surface area contributed by atoms with Gasteiger partial charge in [-0.05, 0) is 31.0 Å². The molecular weight excluding hydrogens is 394 g/mol. The van der Waals surface area contributed by atoms with Crippen molar-refractivity contribution >= 4 is 14.9 Å². The summed E-state index contributed by atoms with van der Waals surface area (Å²) in [6.07, 6.45) is 1.77. The molecule has 1 saturated heterocycles. The molecule has 148 valence electrons. The normalized spacial score (nSPS) is 23.8. The first-order valence-corrected chi connectivity index (χ1v) is 9.61. The van der Waals surface area contributed by atoms with Gasteiger partial charge in [0, 0.05) is 11.8 Å². The van der Waals surface area contributed by atoms with Crippen LogP contribution in [0.25, 0.3) is 0 Å². The molecule has 0 spiro atoms. The van der Waals surface area contributed by atoms with Crippen LogP contribution < -0.4 is 15.8 Å². The molecule has 3 atom stereocenters. The highest BCUT2D eigenvalue weighted by Gasteiger charge is 2.31. The summed E-state index contributed by atoms with van der Waals surface area (Å²) >= 11 is 0. The molecule has 2 aromatic rings. The van der Waals surface area contributed by atoms with Crippen molar-refractivity contribution in [2.24, 2.45) is 0 Å². The van der Waals surface area contributed by atoms with Gasteiger partial charge in [0.25, 0.3) is 5.56 Å². The molecule has 3 heterocycles. The van der Waals surface area contributed by atoms with Gasteiger partial charge in [0.1, 0.15) is 17.8 Å². The van der Waals surface area contributed by atoms with E-state index >= 15 is 0 Å². The Morgan fingerprint density at radius 2 is 2.21 bits per heavy atom. The molecule has 4 rings (SSSR count). The Bertz CT molecular complexity index is 1010. The van der Waals surface area contributed by atoms with Crippen molar-refractivity contribution in [1.82, 2.24) is 9.55 Å². The number of carbonyl (C=O) groups is 1. The SMILES string of the molecule is O=Cc1cn(C2CCC(COP3OCc4cc(F)ccc4O3)O2)c(=O)[nH]c1=O. The molecule has 0 radical (unpaired) electrons. The van der Waals surface area contributed by atoms with Crippen LogP contribution in [0.2, 0.25) is 0 Å². The quantitative estimate of drug-likeness (QED) is 0.593. The van der Waals surface area contributed by atoms with Crippen LogP contribution in [0.4, 0.5) is 4.39 Å².